The summed E-state index contributed by atoms with van der Waals surface area (Å²) in [6.07, 6.45) is 20.2. The zero-order valence-electron chi connectivity index (χ0n) is 25.3. The quantitative estimate of drug-likeness (QED) is 0.0613. The third-order valence-electron chi connectivity index (χ3n) is 7.12. The van der Waals surface area contributed by atoms with Crippen LogP contribution in [0.2, 0.25) is 0 Å². The van der Waals surface area contributed by atoms with Crippen LogP contribution in [0, 0.1) is 11.3 Å². The first-order valence-corrected chi connectivity index (χ1v) is 15.7. The van der Waals surface area contributed by atoms with E-state index >= 15 is 0 Å². The molecular formula is C35H49NO5. The molecular weight excluding hydrogens is 514 g/mol. The molecule has 0 aliphatic rings. The maximum Gasteiger partial charge on any atom is 0.349 e. The molecule has 1 heterocycles. The first kappa shape index (κ1) is 33.9. The topological polar surface area (TPSA) is 89.5 Å². The molecule has 0 atom stereocenters. The van der Waals surface area contributed by atoms with Crippen LogP contribution in [0.15, 0.2) is 46.4 Å². The molecule has 0 amide bonds. The van der Waals surface area contributed by atoms with Crippen LogP contribution < -0.4 is 0 Å². The Morgan fingerprint density at radius 3 is 1.76 bits per heavy atom. The number of rotatable bonds is 22. The van der Waals surface area contributed by atoms with Crippen molar-refractivity contribution in [2.24, 2.45) is 0 Å². The van der Waals surface area contributed by atoms with E-state index < -0.39 is 5.97 Å². The Kier molecular flexibility index (Phi) is 17.7. The van der Waals surface area contributed by atoms with Gasteiger partial charge in [-0.25, -0.2) is 9.59 Å². The third-order valence-corrected chi connectivity index (χ3v) is 7.12. The highest BCUT2D eigenvalue weighted by molar-refractivity contribution is 5.97. The molecule has 6 nitrogen and oxygen atoms in total. The highest BCUT2D eigenvalue weighted by atomic mass is 16.5. The average molecular weight is 564 g/mol. The van der Waals surface area contributed by atoms with Crippen LogP contribution in [-0.4, -0.2) is 25.2 Å². The minimum Gasteiger partial charge on any atom is -0.462 e. The highest BCUT2D eigenvalue weighted by Gasteiger charge is 2.13. The van der Waals surface area contributed by atoms with Crippen molar-refractivity contribution in [3.05, 3.63) is 53.3 Å². The molecule has 1 aromatic heterocycles. The summed E-state index contributed by atoms with van der Waals surface area (Å²) in [6.45, 7) is 5.18. The first-order valence-electron chi connectivity index (χ1n) is 15.7. The molecule has 0 unspecified atom stereocenters. The Labute approximate surface area is 247 Å². The normalized spacial score (nSPS) is 11.3. The van der Waals surface area contributed by atoms with E-state index in [0.29, 0.717) is 30.3 Å². The van der Waals surface area contributed by atoms with Gasteiger partial charge in [0.2, 0.25) is 0 Å². The number of nitrogens with zero attached hydrogens (tertiary/aromatic N) is 1. The summed E-state index contributed by atoms with van der Waals surface area (Å²) >= 11 is 0. The zero-order valence-corrected chi connectivity index (χ0v) is 25.3. The number of benzene rings is 1. The largest absolute Gasteiger partial charge is 0.462 e. The van der Waals surface area contributed by atoms with Crippen molar-refractivity contribution >= 4 is 18.0 Å². The van der Waals surface area contributed by atoms with Crippen LogP contribution in [-0.2, 0) is 14.3 Å². The number of ether oxygens (including phenoxy) is 2. The monoisotopic (exact) mass is 563 g/mol. The maximum atomic E-state index is 12.4. The van der Waals surface area contributed by atoms with Gasteiger partial charge in [-0.1, -0.05) is 116 Å². The van der Waals surface area contributed by atoms with Crippen LogP contribution in [0.4, 0.5) is 0 Å². The second-order valence-corrected chi connectivity index (χ2v) is 10.7. The molecule has 0 N–H and O–H groups in total. The number of esters is 2. The molecule has 2 aromatic rings. The molecule has 0 saturated heterocycles. The van der Waals surface area contributed by atoms with Crippen LogP contribution >= 0.6 is 0 Å². The van der Waals surface area contributed by atoms with Gasteiger partial charge in [0.15, 0.2) is 0 Å². The highest BCUT2D eigenvalue weighted by Crippen LogP contribution is 2.24. The lowest BCUT2D eigenvalue weighted by Gasteiger charge is -2.06. The van der Waals surface area contributed by atoms with E-state index in [1.807, 2.05) is 6.07 Å². The van der Waals surface area contributed by atoms with Gasteiger partial charge >= 0.3 is 11.9 Å². The average Bonchev–Trinajstić information content (AvgIpc) is 3.46. The van der Waals surface area contributed by atoms with Crippen LogP contribution in [0.5, 0.6) is 0 Å². The maximum absolute atomic E-state index is 12.4. The fraction of sp³-hybridized carbons (Fsp3) is 0.571. The lowest BCUT2D eigenvalue weighted by atomic mass is 10.1. The molecule has 0 spiro atoms. The molecule has 1 aromatic carbocycles. The number of carbonyl (C=O) groups excluding carboxylic acids is 2. The fourth-order valence-electron chi connectivity index (χ4n) is 4.60. The Morgan fingerprint density at radius 1 is 0.707 bits per heavy atom. The third kappa shape index (κ3) is 14.2. The Balaban J connectivity index is 1.74. The van der Waals surface area contributed by atoms with E-state index in [0.717, 1.165) is 37.7 Å². The van der Waals surface area contributed by atoms with E-state index in [9.17, 15) is 14.9 Å². The smallest absolute Gasteiger partial charge is 0.349 e. The molecule has 41 heavy (non-hydrogen) atoms. The van der Waals surface area contributed by atoms with Gasteiger partial charge in [0.25, 0.3) is 0 Å². The van der Waals surface area contributed by atoms with E-state index in [1.165, 1.54) is 76.7 Å². The fourth-order valence-corrected chi connectivity index (χ4v) is 4.60. The summed E-state index contributed by atoms with van der Waals surface area (Å²) in [5, 5.41) is 9.45. The number of furan rings is 1. The van der Waals surface area contributed by atoms with E-state index in [1.54, 1.807) is 36.4 Å². The molecule has 0 radical (unpaired) electrons. The molecule has 2 rings (SSSR count). The molecule has 0 bridgehead atoms. The van der Waals surface area contributed by atoms with Crippen LogP contribution in [0.25, 0.3) is 17.4 Å². The van der Waals surface area contributed by atoms with Gasteiger partial charge in [-0.2, -0.15) is 5.26 Å². The predicted octanol–water partition coefficient (Wildman–Crippen LogP) is 9.83. The predicted molar refractivity (Wildman–Crippen MR) is 164 cm³/mol. The van der Waals surface area contributed by atoms with E-state index in [2.05, 4.69) is 13.8 Å². The van der Waals surface area contributed by atoms with Gasteiger partial charge < -0.3 is 13.9 Å². The summed E-state index contributed by atoms with van der Waals surface area (Å²) in [5.74, 6) is -0.0101. The number of hydrogen-bond donors (Lipinski definition) is 0. The minimum absolute atomic E-state index is 0.0972. The lowest BCUT2D eigenvalue weighted by Crippen LogP contribution is -2.07. The first-order chi connectivity index (χ1) is 20.1. The van der Waals surface area contributed by atoms with Gasteiger partial charge in [-0.15, -0.1) is 0 Å². The van der Waals surface area contributed by atoms with Crippen molar-refractivity contribution in [1.29, 1.82) is 5.26 Å². The SMILES string of the molecule is CCCCCCCCCCOC(=O)C(C#N)=Cc1ccc(-c2ccc(C(=O)OCCCCCCCCCC)cc2)o1. The summed E-state index contributed by atoms with van der Waals surface area (Å²) in [4.78, 5) is 24.7. The van der Waals surface area contributed by atoms with E-state index in [-0.39, 0.29) is 11.5 Å². The van der Waals surface area contributed by atoms with Gasteiger partial charge in [0.05, 0.1) is 18.8 Å². The van der Waals surface area contributed by atoms with Crippen molar-refractivity contribution in [2.75, 3.05) is 13.2 Å². The second-order valence-electron chi connectivity index (χ2n) is 10.7. The number of nitriles is 1. The standard InChI is InChI=1S/C35H49NO5/c1-3-5-7-9-11-13-15-17-25-39-34(37)30-21-19-29(20-22-30)33-24-23-32(41-33)27-31(28-36)35(38)40-26-18-16-14-12-10-8-6-4-2/h19-24,27H,3-18,25-26H2,1-2H3. The van der Waals surface area contributed by atoms with Gasteiger partial charge in [0.1, 0.15) is 23.2 Å². The number of carbonyl (C=O) groups is 2. The lowest BCUT2D eigenvalue weighted by molar-refractivity contribution is -0.138. The van der Waals surface area contributed by atoms with Crippen molar-refractivity contribution in [1.82, 2.24) is 0 Å². The van der Waals surface area contributed by atoms with Crippen LogP contribution in [0.3, 0.4) is 0 Å². The summed E-state index contributed by atoms with van der Waals surface area (Å²) in [5.41, 5.74) is 1.17. The van der Waals surface area contributed by atoms with Crippen molar-refractivity contribution in [3.8, 4) is 17.4 Å². The Hall–Kier alpha value is -3.33. The van der Waals surface area contributed by atoms with Gasteiger partial charge in [0, 0.05) is 11.6 Å². The number of hydrogen-bond acceptors (Lipinski definition) is 6. The Morgan fingerprint density at radius 2 is 1.22 bits per heavy atom. The summed E-state index contributed by atoms with van der Waals surface area (Å²) < 4.78 is 16.5. The molecule has 0 aliphatic heterocycles. The minimum atomic E-state index is -0.636. The van der Waals surface area contributed by atoms with Gasteiger partial charge in [-0.3, -0.25) is 0 Å². The summed E-state index contributed by atoms with van der Waals surface area (Å²) in [6, 6.07) is 12.4. The van der Waals surface area contributed by atoms with E-state index in [4.69, 9.17) is 13.9 Å². The molecule has 0 aliphatic carbocycles. The number of unbranched alkanes of at least 4 members (excludes halogenated alkanes) is 14. The molecule has 0 saturated carbocycles. The zero-order chi connectivity index (χ0) is 29.5. The van der Waals surface area contributed by atoms with Crippen LogP contribution in [0.1, 0.15) is 133 Å². The van der Waals surface area contributed by atoms with Crippen molar-refractivity contribution in [3.63, 3.8) is 0 Å². The van der Waals surface area contributed by atoms with Crippen molar-refractivity contribution < 1.29 is 23.5 Å². The molecule has 6 heteroatoms. The second kappa shape index (κ2) is 21.4. The molecule has 0 fully saturated rings. The molecule has 224 valence electrons. The summed E-state index contributed by atoms with van der Waals surface area (Å²) in [7, 11) is 0. The Bertz CT molecular complexity index is 1080. The van der Waals surface area contributed by atoms with Gasteiger partial charge in [-0.05, 0) is 37.1 Å². The van der Waals surface area contributed by atoms with Crippen molar-refractivity contribution in [2.45, 2.75) is 117 Å².